The number of hydrogen-bond donors (Lipinski definition) is 1. The summed E-state index contributed by atoms with van der Waals surface area (Å²) in [6.07, 6.45) is 0.822. The Morgan fingerprint density at radius 2 is 1.82 bits per heavy atom. The number of aliphatic hydroxyl groups excluding tert-OH is 1. The van der Waals surface area contributed by atoms with Crippen molar-refractivity contribution in [1.29, 1.82) is 0 Å². The van der Waals surface area contributed by atoms with Crippen LogP contribution >= 0.6 is 0 Å². The molecule has 1 aromatic carbocycles. The van der Waals surface area contributed by atoms with Gasteiger partial charge in [-0.05, 0) is 30.0 Å². The summed E-state index contributed by atoms with van der Waals surface area (Å²) in [5, 5.41) is 8.94. The zero-order valence-corrected chi connectivity index (χ0v) is 10.8. The number of hydrogen-bond acceptors (Lipinski definition) is 3. The molecular formula is C14H22O3. The van der Waals surface area contributed by atoms with Gasteiger partial charge in [0.05, 0.1) is 6.61 Å². The van der Waals surface area contributed by atoms with Crippen molar-refractivity contribution < 1.29 is 14.6 Å². The second kappa shape index (κ2) is 7.30. The Bertz CT molecular complexity index is 302. The third kappa shape index (κ3) is 5.20. The molecule has 1 unspecified atom stereocenters. The van der Waals surface area contributed by atoms with E-state index in [0.29, 0.717) is 12.5 Å². The van der Waals surface area contributed by atoms with Gasteiger partial charge < -0.3 is 14.6 Å². The minimum atomic E-state index is -0.259. The molecule has 0 aliphatic rings. The molecule has 0 saturated heterocycles. The average Bonchev–Trinajstić information content (AvgIpc) is 2.32. The highest BCUT2D eigenvalue weighted by Crippen LogP contribution is 2.15. The van der Waals surface area contributed by atoms with Gasteiger partial charge in [-0.1, -0.05) is 26.0 Å². The smallest absolute Gasteiger partial charge is 0.119 e. The Morgan fingerprint density at radius 3 is 2.29 bits per heavy atom. The summed E-state index contributed by atoms with van der Waals surface area (Å²) in [5.74, 6) is 1.47. The monoisotopic (exact) mass is 238 g/mol. The Labute approximate surface area is 103 Å². The van der Waals surface area contributed by atoms with E-state index in [2.05, 4.69) is 26.0 Å². The van der Waals surface area contributed by atoms with Crippen molar-refractivity contribution in [2.45, 2.75) is 26.4 Å². The zero-order valence-electron chi connectivity index (χ0n) is 10.8. The number of benzene rings is 1. The molecular weight excluding hydrogens is 216 g/mol. The largest absolute Gasteiger partial charge is 0.491 e. The number of ether oxygens (including phenoxy) is 2. The first kappa shape index (κ1) is 14.0. The lowest BCUT2D eigenvalue weighted by atomic mass is 10.0. The third-order valence-corrected chi connectivity index (χ3v) is 2.54. The summed E-state index contributed by atoms with van der Waals surface area (Å²) >= 11 is 0. The van der Waals surface area contributed by atoms with Gasteiger partial charge in [-0.25, -0.2) is 0 Å². The van der Waals surface area contributed by atoms with Crippen LogP contribution in [0.2, 0.25) is 0 Å². The van der Waals surface area contributed by atoms with Crippen molar-refractivity contribution in [1.82, 2.24) is 0 Å². The van der Waals surface area contributed by atoms with E-state index in [4.69, 9.17) is 14.6 Å². The van der Waals surface area contributed by atoms with Gasteiger partial charge in [0.1, 0.15) is 18.5 Å². The summed E-state index contributed by atoms with van der Waals surface area (Å²) in [5.41, 5.74) is 1.32. The maximum Gasteiger partial charge on any atom is 0.119 e. The molecule has 17 heavy (non-hydrogen) atoms. The van der Waals surface area contributed by atoms with E-state index >= 15 is 0 Å². The molecule has 0 spiro atoms. The van der Waals surface area contributed by atoms with Crippen LogP contribution in [-0.2, 0) is 11.2 Å². The van der Waals surface area contributed by atoms with Crippen molar-refractivity contribution in [3.63, 3.8) is 0 Å². The fraction of sp³-hybridized carbons (Fsp3) is 0.571. The van der Waals surface area contributed by atoms with E-state index in [0.717, 1.165) is 12.2 Å². The number of methoxy groups -OCH3 is 1. The number of rotatable bonds is 7. The van der Waals surface area contributed by atoms with Crippen molar-refractivity contribution in [3.8, 4) is 5.75 Å². The van der Waals surface area contributed by atoms with E-state index in [1.165, 1.54) is 5.56 Å². The summed E-state index contributed by atoms with van der Waals surface area (Å²) < 4.78 is 10.5. The van der Waals surface area contributed by atoms with E-state index in [-0.39, 0.29) is 12.7 Å². The summed E-state index contributed by atoms with van der Waals surface area (Å²) in [4.78, 5) is 0. The Morgan fingerprint density at radius 1 is 1.18 bits per heavy atom. The van der Waals surface area contributed by atoms with Gasteiger partial charge >= 0.3 is 0 Å². The van der Waals surface area contributed by atoms with Gasteiger partial charge in [-0.3, -0.25) is 0 Å². The van der Waals surface area contributed by atoms with Crippen molar-refractivity contribution in [3.05, 3.63) is 29.8 Å². The minimum absolute atomic E-state index is 0.0259. The van der Waals surface area contributed by atoms with Gasteiger partial charge in [0, 0.05) is 7.11 Å². The molecule has 0 amide bonds. The number of aliphatic hydroxyl groups is 1. The maximum atomic E-state index is 8.94. The molecule has 1 aromatic rings. The molecule has 1 atom stereocenters. The van der Waals surface area contributed by atoms with E-state index in [1.807, 2.05) is 12.1 Å². The molecule has 0 fully saturated rings. The Kier molecular flexibility index (Phi) is 6.01. The van der Waals surface area contributed by atoms with Gasteiger partial charge in [0.25, 0.3) is 0 Å². The van der Waals surface area contributed by atoms with Gasteiger partial charge in [-0.15, -0.1) is 0 Å². The predicted molar refractivity (Wildman–Crippen MR) is 68.4 cm³/mol. The second-order valence-electron chi connectivity index (χ2n) is 4.59. The van der Waals surface area contributed by atoms with Crippen LogP contribution in [-0.4, -0.2) is 31.5 Å². The van der Waals surface area contributed by atoms with Crippen LogP contribution in [0.1, 0.15) is 19.4 Å². The summed E-state index contributed by atoms with van der Waals surface area (Å²) in [7, 11) is 1.57. The topological polar surface area (TPSA) is 38.7 Å². The zero-order chi connectivity index (χ0) is 12.7. The first-order valence-electron chi connectivity index (χ1n) is 6.01. The molecule has 96 valence electrons. The van der Waals surface area contributed by atoms with Crippen LogP contribution in [0.4, 0.5) is 0 Å². The van der Waals surface area contributed by atoms with Crippen molar-refractivity contribution in [2.75, 3.05) is 20.3 Å². The highest BCUT2D eigenvalue weighted by molar-refractivity contribution is 5.27. The molecule has 3 nitrogen and oxygen atoms in total. The molecule has 0 heterocycles. The molecule has 1 N–H and O–H groups in total. The Balaban J connectivity index is 2.45. The molecule has 0 saturated carbocycles. The first-order valence-corrected chi connectivity index (χ1v) is 6.01. The van der Waals surface area contributed by atoms with Crippen LogP contribution in [0.3, 0.4) is 0 Å². The molecule has 0 radical (unpaired) electrons. The lowest BCUT2D eigenvalue weighted by molar-refractivity contribution is 0.0164. The standard InChI is InChI=1S/C14H22O3/c1-11(2)8-12-4-6-13(7-5-12)17-10-14(9-15)16-3/h4-7,11,14-15H,8-10H2,1-3H3. The second-order valence-corrected chi connectivity index (χ2v) is 4.59. The van der Waals surface area contributed by atoms with Crippen LogP contribution in [0.15, 0.2) is 24.3 Å². The van der Waals surface area contributed by atoms with Crippen molar-refractivity contribution in [2.24, 2.45) is 5.92 Å². The lowest BCUT2D eigenvalue weighted by Crippen LogP contribution is -2.24. The fourth-order valence-corrected chi connectivity index (χ4v) is 1.58. The van der Waals surface area contributed by atoms with Gasteiger partial charge in [0.2, 0.25) is 0 Å². The van der Waals surface area contributed by atoms with Crippen LogP contribution in [0.25, 0.3) is 0 Å². The van der Waals surface area contributed by atoms with Crippen molar-refractivity contribution >= 4 is 0 Å². The molecule has 0 aromatic heterocycles. The fourth-order valence-electron chi connectivity index (χ4n) is 1.58. The molecule has 0 aliphatic heterocycles. The normalized spacial score (nSPS) is 12.8. The highest BCUT2D eigenvalue weighted by atomic mass is 16.5. The summed E-state index contributed by atoms with van der Waals surface area (Å²) in [6, 6.07) is 8.08. The average molecular weight is 238 g/mol. The first-order chi connectivity index (χ1) is 8.15. The predicted octanol–water partition coefficient (Wildman–Crippen LogP) is 2.27. The SMILES string of the molecule is COC(CO)COc1ccc(CC(C)C)cc1. The van der Waals surface area contributed by atoms with E-state index in [9.17, 15) is 0 Å². The van der Waals surface area contributed by atoms with Gasteiger partial charge in [-0.2, -0.15) is 0 Å². The maximum absolute atomic E-state index is 8.94. The van der Waals surface area contributed by atoms with Crippen LogP contribution in [0.5, 0.6) is 5.75 Å². The van der Waals surface area contributed by atoms with Gasteiger partial charge in [0.15, 0.2) is 0 Å². The Hall–Kier alpha value is -1.06. The minimum Gasteiger partial charge on any atom is -0.491 e. The third-order valence-electron chi connectivity index (χ3n) is 2.54. The van der Waals surface area contributed by atoms with Crippen LogP contribution in [0, 0.1) is 5.92 Å². The quantitative estimate of drug-likeness (QED) is 0.792. The molecule has 0 bridgehead atoms. The van der Waals surface area contributed by atoms with E-state index in [1.54, 1.807) is 7.11 Å². The van der Waals surface area contributed by atoms with Crippen LogP contribution < -0.4 is 4.74 Å². The summed E-state index contributed by atoms with van der Waals surface area (Å²) in [6.45, 7) is 4.75. The lowest BCUT2D eigenvalue weighted by Gasteiger charge is -2.14. The molecule has 3 heteroatoms. The highest BCUT2D eigenvalue weighted by Gasteiger charge is 2.06. The van der Waals surface area contributed by atoms with E-state index < -0.39 is 0 Å². The molecule has 1 rings (SSSR count). The molecule has 0 aliphatic carbocycles.